The van der Waals surface area contributed by atoms with Crippen LogP contribution in [0.4, 0.5) is 11.5 Å². The largest absolute Gasteiger partial charge is 0.368 e. The van der Waals surface area contributed by atoms with E-state index < -0.39 is 4.92 Å². The van der Waals surface area contributed by atoms with Gasteiger partial charge in [0.15, 0.2) is 5.82 Å². The number of piperazine rings is 1. The summed E-state index contributed by atoms with van der Waals surface area (Å²) in [5.41, 5.74) is 1.50. The molecule has 1 fully saturated rings. The molecule has 1 aromatic heterocycles. The molecule has 1 aliphatic heterocycles. The number of nitrogens with one attached hydrogen (secondary N) is 1. The molecule has 0 radical (unpaired) electrons. The number of hydrogen-bond donors (Lipinski definition) is 1. The molecular formula is C19H26N6O2. The van der Waals surface area contributed by atoms with Gasteiger partial charge in [0, 0.05) is 68.2 Å². The highest BCUT2D eigenvalue weighted by Crippen LogP contribution is 2.22. The van der Waals surface area contributed by atoms with Crippen molar-refractivity contribution in [3.63, 3.8) is 0 Å². The van der Waals surface area contributed by atoms with Crippen molar-refractivity contribution in [3.8, 4) is 11.4 Å². The van der Waals surface area contributed by atoms with E-state index in [1.54, 1.807) is 12.1 Å². The van der Waals surface area contributed by atoms with E-state index in [0.29, 0.717) is 17.4 Å². The number of aryl methyl sites for hydroxylation is 1. The Labute approximate surface area is 159 Å². The molecule has 3 rings (SSSR count). The lowest BCUT2D eigenvalue weighted by Gasteiger charge is -2.36. The molecule has 2 heterocycles. The molecule has 0 saturated carbocycles. The van der Waals surface area contributed by atoms with Crippen LogP contribution in [0.2, 0.25) is 0 Å². The van der Waals surface area contributed by atoms with Gasteiger partial charge in [-0.1, -0.05) is 12.1 Å². The third-order valence-corrected chi connectivity index (χ3v) is 4.91. The van der Waals surface area contributed by atoms with Crippen LogP contribution in [0.3, 0.4) is 0 Å². The SMILES string of the molecule is Cc1cc(NCC(C)N2CCN(C)CC2)nc(-c2cccc([N+](=O)[O-])c2)n1. The van der Waals surface area contributed by atoms with Crippen molar-refractivity contribution in [2.24, 2.45) is 0 Å². The fourth-order valence-corrected chi connectivity index (χ4v) is 3.19. The first-order chi connectivity index (χ1) is 12.9. The number of hydrogen-bond acceptors (Lipinski definition) is 7. The molecule has 1 aliphatic rings. The highest BCUT2D eigenvalue weighted by atomic mass is 16.6. The van der Waals surface area contributed by atoms with E-state index in [2.05, 4.69) is 39.1 Å². The van der Waals surface area contributed by atoms with Crippen LogP contribution >= 0.6 is 0 Å². The maximum absolute atomic E-state index is 11.0. The number of likely N-dealkylation sites (N-methyl/N-ethyl adjacent to an activating group) is 1. The minimum absolute atomic E-state index is 0.0378. The predicted octanol–water partition coefficient (Wildman–Crippen LogP) is 2.41. The van der Waals surface area contributed by atoms with Gasteiger partial charge in [-0.2, -0.15) is 0 Å². The molecule has 0 amide bonds. The number of nitrogens with zero attached hydrogens (tertiary/aromatic N) is 5. The Morgan fingerprint density at radius 1 is 1.22 bits per heavy atom. The van der Waals surface area contributed by atoms with E-state index in [9.17, 15) is 10.1 Å². The third kappa shape index (κ3) is 4.99. The average molecular weight is 370 g/mol. The van der Waals surface area contributed by atoms with E-state index in [4.69, 9.17) is 0 Å². The first kappa shape index (κ1) is 19.2. The number of aromatic nitrogens is 2. The number of nitro benzene ring substituents is 1. The fourth-order valence-electron chi connectivity index (χ4n) is 3.19. The average Bonchev–Trinajstić information content (AvgIpc) is 2.66. The second-order valence-electron chi connectivity index (χ2n) is 7.09. The summed E-state index contributed by atoms with van der Waals surface area (Å²) < 4.78 is 0. The van der Waals surface area contributed by atoms with Gasteiger partial charge in [0.1, 0.15) is 5.82 Å². The lowest BCUT2D eigenvalue weighted by atomic mass is 10.2. The minimum Gasteiger partial charge on any atom is -0.368 e. The van der Waals surface area contributed by atoms with Gasteiger partial charge in [0.05, 0.1) is 4.92 Å². The maximum Gasteiger partial charge on any atom is 0.270 e. The van der Waals surface area contributed by atoms with Crippen molar-refractivity contribution in [2.45, 2.75) is 19.9 Å². The molecule has 1 N–H and O–H groups in total. The summed E-state index contributed by atoms with van der Waals surface area (Å²) in [5, 5.41) is 14.4. The Balaban J connectivity index is 1.70. The molecule has 1 unspecified atom stereocenters. The number of nitro groups is 1. The molecule has 0 aliphatic carbocycles. The first-order valence-corrected chi connectivity index (χ1v) is 9.19. The lowest BCUT2D eigenvalue weighted by Crippen LogP contribution is -2.49. The Hall–Kier alpha value is -2.58. The monoisotopic (exact) mass is 370 g/mol. The summed E-state index contributed by atoms with van der Waals surface area (Å²) in [5.74, 6) is 1.23. The summed E-state index contributed by atoms with van der Waals surface area (Å²) >= 11 is 0. The molecule has 1 atom stereocenters. The van der Waals surface area contributed by atoms with Crippen LogP contribution in [0.25, 0.3) is 11.4 Å². The van der Waals surface area contributed by atoms with E-state index in [1.165, 1.54) is 12.1 Å². The molecule has 27 heavy (non-hydrogen) atoms. The van der Waals surface area contributed by atoms with Gasteiger partial charge in [0.25, 0.3) is 5.69 Å². The quantitative estimate of drug-likeness (QED) is 0.617. The van der Waals surface area contributed by atoms with Gasteiger partial charge >= 0.3 is 0 Å². The van der Waals surface area contributed by atoms with Gasteiger partial charge in [-0.05, 0) is 20.9 Å². The van der Waals surface area contributed by atoms with Crippen molar-refractivity contribution < 1.29 is 4.92 Å². The second-order valence-corrected chi connectivity index (χ2v) is 7.09. The van der Waals surface area contributed by atoms with E-state index in [-0.39, 0.29) is 5.69 Å². The van der Waals surface area contributed by atoms with E-state index in [1.807, 2.05) is 13.0 Å². The minimum atomic E-state index is -0.407. The zero-order valence-corrected chi connectivity index (χ0v) is 16.1. The maximum atomic E-state index is 11.0. The molecule has 144 valence electrons. The van der Waals surface area contributed by atoms with Crippen LogP contribution < -0.4 is 5.32 Å². The lowest BCUT2D eigenvalue weighted by molar-refractivity contribution is -0.384. The smallest absolute Gasteiger partial charge is 0.270 e. The normalized spacial score (nSPS) is 16.9. The topological polar surface area (TPSA) is 87.4 Å². The summed E-state index contributed by atoms with van der Waals surface area (Å²) in [4.78, 5) is 24.4. The van der Waals surface area contributed by atoms with Crippen molar-refractivity contribution in [3.05, 3.63) is 46.1 Å². The summed E-state index contributed by atoms with van der Waals surface area (Å²) in [6, 6.07) is 8.72. The van der Waals surface area contributed by atoms with Crippen LogP contribution in [-0.2, 0) is 0 Å². The summed E-state index contributed by atoms with van der Waals surface area (Å²) in [7, 11) is 2.15. The predicted molar refractivity (Wildman–Crippen MR) is 106 cm³/mol. The first-order valence-electron chi connectivity index (χ1n) is 9.19. The molecule has 1 saturated heterocycles. The van der Waals surface area contributed by atoms with E-state index >= 15 is 0 Å². The molecule has 8 nitrogen and oxygen atoms in total. The molecular weight excluding hydrogens is 344 g/mol. The van der Waals surface area contributed by atoms with E-state index in [0.717, 1.165) is 44.2 Å². The Kier molecular flexibility index (Phi) is 5.98. The van der Waals surface area contributed by atoms with Crippen LogP contribution in [0, 0.1) is 17.0 Å². The van der Waals surface area contributed by atoms with Crippen LogP contribution in [0.15, 0.2) is 30.3 Å². The number of rotatable bonds is 6. The van der Waals surface area contributed by atoms with Gasteiger partial charge in [0.2, 0.25) is 0 Å². The second kappa shape index (κ2) is 8.41. The van der Waals surface area contributed by atoms with Gasteiger partial charge in [-0.25, -0.2) is 9.97 Å². The summed E-state index contributed by atoms with van der Waals surface area (Å²) in [6.45, 7) is 9.23. The van der Waals surface area contributed by atoms with Gasteiger partial charge in [-0.15, -0.1) is 0 Å². The number of non-ortho nitro benzene ring substituents is 1. The van der Waals surface area contributed by atoms with Crippen molar-refractivity contribution >= 4 is 11.5 Å². The van der Waals surface area contributed by atoms with Crippen molar-refractivity contribution in [1.82, 2.24) is 19.8 Å². The molecule has 1 aromatic carbocycles. The van der Waals surface area contributed by atoms with Gasteiger partial charge < -0.3 is 10.2 Å². The van der Waals surface area contributed by atoms with Crippen LogP contribution in [0.1, 0.15) is 12.6 Å². The standard InChI is InChI=1S/C19H26N6O2/c1-14-11-18(20-13-15(2)24-9-7-23(3)8-10-24)22-19(21-14)16-5-4-6-17(12-16)25(26)27/h4-6,11-12,15H,7-10,13H2,1-3H3,(H,20,21,22). The van der Waals surface area contributed by atoms with Crippen molar-refractivity contribution in [1.29, 1.82) is 0 Å². The zero-order valence-electron chi connectivity index (χ0n) is 16.1. The molecule has 2 aromatic rings. The van der Waals surface area contributed by atoms with Crippen molar-refractivity contribution in [2.75, 3.05) is 45.1 Å². The van der Waals surface area contributed by atoms with Crippen LogP contribution in [-0.4, -0.2) is 70.5 Å². The number of anilines is 1. The Bertz CT molecular complexity index is 805. The highest BCUT2D eigenvalue weighted by molar-refractivity contribution is 5.61. The third-order valence-electron chi connectivity index (χ3n) is 4.91. The molecule has 0 spiro atoms. The van der Waals surface area contributed by atoms with Crippen LogP contribution in [0.5, 0.6) is 0 Å². The fraction of sp³-hybridized carbons (Fsp3) is 0.474. The molecule has 8 heteroatoms. The van der Waals surface area contributed by atoms with Gasteiger partial charge in [-0.3, -0.25) is 15.0 Å². The Morgan fingerprint density at radius 3 is 2.67 bits per heavy atom. The summed E-state index contributed by atoms with van der Waals surface area (Å²) in [6.07, 6.45) is 0. The zero-order chi connectivity index (χ0) is 19.4. The highest BCUT2D eigenvalue weighted by Gasteiger charge is 2.19. The number of benzene rings is 1. The molecule has 0 bridgehead atoms. The Morgan fingerprint density at radius 2 is 1.96 bits per heavy atom.